The molecule has 3 N–H and O–H groups in total. The van der Waals surface area contributed by atoms with Crippen LogP contribution in [0.5, 0.6) is 0 Å². The highest BCUT2D eigenvalue weighted by molar-refractivity contribution is 5.88. The van der Waals surface area contributed by atoms with Gasteiger partial charge in [0.25, 0.3) is 0 Å². The van der Waals surface area contributed by atoms with Gasteiger partial charge in [-0.15, -0.1) is 0 Å². The van der Waals surface area contributed by atoms with E-state index < -0.39 is 17.4 Å². The number of likely N-dealkylation sites (tertiary alicyclic amines) is 1. The molecule has 1 fully saturated rings. The Hall–Kier alpha value is -3.19. The van der Waals surface area contributed by atoms with Crippen molar-refractivity contribution in [1.82, 2.24) is 10.2 Å². The molecule has 1 atom stereocenters. The Morgan fingerprint density at radius 2 is 1.62 bits per heavy atom. The molecule has 0 aromatic heterocycles. The molecule has 1 aliphatic rings. The Balaban J connectivity index is 1.61. The zero-order valence-electron chi connectivity index (χ0n) is 18.5. The molecule has 170 valence electrons. The van der Waals surface area contributed by atoms with Crippen LogP contribution in [0.4, 0.5) is 0 Å². The minimum Gasteiger partial charge on any atom is -0.467 e. The molecule has 2 aromatic carbocycles. The lowest BCUT2D eigenvalue weighted by molar-refractivity contribution is -0.153. The summed E-state index contributed by atoms with van der Waals surface area (Å²) in [7, 11) is 1.34. The van der Waals surface area contributed by atoms with Crippen molar-refractivity contribution in [3.8, 4) is 0 Å². The van der Waals surface area contributed by atoms with Gasteiger partial charge >= 0.3 is 5.97 Å². The predicted octanol–water partition coefficient (Wildman–Crippen LogP) is 2.01. The average Bonchev–Trinajstić information content (AvgIpc) is 2.82. The first-order chi connectivity index (χ1) is 15.4. The number of aryl methyl sites for hydroxylation is 1. The van der Waals surface area contributed by atoms with Gasteiger partial charge in [-0.25, -0.2) is 4.79 Å². The van der Waals surface area contributed by atoms with E-state index in [2.05, 4.69) is 10.2 Å². The number of piperidine rings is 1. The monoisotopic (exact) mass is 437 g/mol. The summed E-state index contributed by atoms with van der Waals surface area (Å²) in [5.74, 6) is -1.41. The molecule has 32 heavy (non-hydrogen) atoms. The summed E-state index contributed by atoms with van der Waals surface area (Å²) >= 11 is 0. The number of methoxy groups -OCH3 is 1. The van der Waals surface area contributed by atoms with E-state index in [1.807, 2.05) is 60.7 Å². The summed E-state index contributed by atoms with van der Waals surface area (Å²) in [5.41, 5.74) is 6.56. The second-order valence-electron chi connectivity index (χ2n) is 8.27. The Kier molecular flexibility index (Phi) is 8.00. The third kappa shape index (κ3) is 5.95. The van der Waals surface area contributed by atoms with Gasteiger partial charge in [-0.3, -0.25) is 9.59 Å². The second-order valence-corrected chi connectivity index (χ2v) is 8.27. The van der Waals surface area contributed by atoms with Crippen LogP contribution in [0.2, 0.25) is 0 Å². The number of hydrogen-bond donors (Lipinski definition) is 2. The summed E-state index contributed by atoms with van der Waals surface area (Å²) in [6, 6.07) is 19.2. The first-order valence-electron chi connectivity index (χ1n) is 10.9. The minimum atomic E-state index is -1.05. The van der Waals surface area contributed by atoms with E-state index in [-0.39, 0.29) is 11.8 Å². The fourth-order valence-electron chi connectivity index (χ4n) is 4.23. The van der Waals surface area contributed by atoms with Gasteiger partial charge in [0.05, 0.1) is 13.0 Å². The van der Waals surface area contributed by atoms with Gasteiger partial charge in [-0.05, 0) is 30.4 Å². The number of esters is 1. The van der Waals surface area contributed by atoms with E-state index in [9.17, 15) is 14.4 Å². The molecule has 1 saturated heterocycles. The van der Waals surface area contributed by atoms with E-state index in [0.29, 0.717) is 45.3 Å². The standard InChI is InChI=1S/C25H31N3O4/c1-32-24(31)25(27-22(29)13-12-19-8-4-2-5-9-19)14-16-28(17-15-25)18-21(23(26)30)20-10-6-3-7-11-20/h2-11,21H,12-18H2,1H3,(H2,26,30)(H,27,29). The summed E-state index contributed by atoms with van der Waals surface area (Å²) in [6.07, 6.45) is 1.73. The first kappa shape index (κ1) is 23.5. The number of carbonyl (C=O) groups is 3. The zero-order valence-corrected chi connectivity index (χ0v) is 18.5. The van der Waals surface area contributed by atoms with Crippen LogP contribution in [-0.4, -0.2) is 55.0 Å². The Morgan fingerprint density at radius 3 is 2.19 bits per heavy atom. The maximum Gasteiger partial charge on any atom is 0.331 e. The average molecular weight is 438 g/mol. The second kappa shape index (κ2) is 10.9. The van der Waals surface area contributed by atoms with E-state index in [1.54, 1.807) is 0 Å². The van der Waals surface area contributed by atoms with Crippen LogP contribution >= 0.6 is 0 Å². The van der Waals surface area contributed by atoms with Crippen LogP contribution in [0.25, 0.3) is 0 Å². The van der Waals surface area contributed by atoms with E-state index in [0.717, 1.165) is 11.1 Å². The van der Waals surface area contributed by atoms with Gasteiger partial charge in [0.1, 0.15) is 5.54 Å². The number of nitrogens with zero attached hydrogens (tertiary/aromatic N) is 1. The fraction of sp³-hybridized carbons (Fsp3) is 0.400. The Morgan fingerprint density at radius 1 is 1.03 bits per heavy atom. The highest BCUT2D eigenvalue weighted by Gasteiger charge is 2.44. The molecule has 0 bridgehead atoms. The van der Waals surface area contributed by atoms with Crippen molar-refractivity contribution in [2.75, 3.05) is 26.7 Å². The molecule has 0 saturated carbocycles. The molecule has 2 amide bonds. The van der Waals surface area contributed by atoms with Crippen molar-refractivity contribution in [2.24, 2.45) is 5.73 Å². The lowest BCUT2D eigenvalue weighted by Gasteiger charge is -2.40. The van der Waals surface area contributed by atoms with Crippen LogP contribution in [-0.2, 0) is 25.5 Å². The van der Waals surface area contributed by atoms with E-state index >= 15 is 0 Å². The summed E-state index contributed by atoms with van der Waals surface area (Å²) in [4.78, 5) is 39.4. The number of benzene rings is 2. The maximum atomic E-state index is 12.7. The smallest absolute Gasteiger partial charge is 0.331 e. The molecule has 1 unspecified atom stereocenters. The number of nitrogens with two attached hydrogens (primary N) is 1. The number of ether oxygens (including phenoxy) is 1. The number of amides is 2. The van der Waals surface area contributed by atoms with Crippen LogP contribution in [0.3, 0.4) is 0 Å². The molecular formula is C25H31N3O4. The lowest BCUT2D eigenvalue weighted by Crippen LogP contribution is -2.60. The highest BCUT2D eigenvalue weighted by atomic mass is 16.5. The van der Waals surface area contributed by atoms with Crippen molar-refractivity contribution in [2.45, 2.75) is 37.1 Å². The van der Waals surface area contributed by atoms with E-state index in [4.69, 9.17) is 10.5 Å². The first-order valence-corrected chi connectivity index (χ1v) is 10.9. The van der Waals surface area contributed by atoms with Crippen molar-refractivity contribution in [1.29, 1.82) is 0 Å². The lowest BCUT2D eigenvalue weighted by atomic mass is 9.86. The molecule has 7 heteroatoms. The number of primary amides is 1. The highest BCUT2D eigenvalue weighted by Crippen LogP contribution is 2.27. The molecule has 0 spiro atoms. The third-order valence-electron chi connectivity index (χ3n) is 6.13. The summed E-state index contributed by atoms with van der Waals surface area (Å²) in [6.45, 7) is 1.56. The topological polar surface area (TPSA) is 102 Å². The van der Waals surface area contributed by atoms with Crippen molar-refractivity contribution < 1.29 is 19.1 Å². The minimum absolute atomic E-state index is 0.174. The van der Waals surface area contributed by atoms with Gasteiger partial charge in [0.2, 0.25) is 11.8 Å². The number of hydrogen-bond acceptors (Lipinski definition) is 5. The van der Waals surface area contributed by atoms with Gasteiger partial charge in [-0.1, -0.05) is 60.7 Å². The molecule has 1 aliphatic heterocycles. The van der Waals surface area contributed by atoms with Gasteiger partial charge < -0.3 is 20.7 Å². The van der Waals surface area contributed by atoms with Crippen molar-refractivity contribution in [3.63, 3.8) is 0 Å². The largest absolute Gasteiger partial charge is 0.467 e. The van der Waals surface area contributed by atoms with Gasteiger partial charge in [0.15, 0.2) is 0 Å². The summed E-state index contributed by atoms with van der Waals surface area (Å²) in [5, 5.41) is 2.95. The molecule has 0 radical (unpaired) electrons. The van der Waals surface area contributed by atoms with Gasteiger partial charge in [-0.2, -0.15) is 0 Å². The SMILES string of the molecule is COC(=O)C1(NC(=O)CCc2ccccc2)CCN(CC(C(N)=O)c2ccccc2)CC1. The molecule has 3 rings (SSSR count). The molecular weight excluding hydrogens is 406 g/mol. The molecule has 2 aromatic rings. The van der Waals surface area contributed by atoms with Crippen molar-refractivity contribution >= 4 is 17.8 Å². The quantitative estimate of drug-likeness (QED) is 0.585. The number of rotatable bonds is 9. The van der Waals surface area contributed by atoms with Gasteiger partial charge in [0, 0.05) is 26.1 Å². The van der Waals surface area contributed by atoms with E-state index in [1.165, 1.54) is 7.11 Å². The Labute approximate surface area is 188 Å². The fourth-order valence-corrected chi connectivity index (χ4v) is 4.23. The van der Waals surface area contributed by atoms with Crippen LogP contribution < -0.4 is 11.1 Å². The van der Waals surface area contributed by atoms with Crippen LogP contribution in [0, 0.1) is 0 Å². The normalized spacial score (nSPS) is 16.7. The van der Waals surface area contributed by atoms with Crippen LogP contribution in [0.15, 0.2) is 60.7 Å². The van der Waals surface area contributed by atoms with Crippen LogP contribution in [0.1, 0.15) is 36.3 Å². The number of nitrogens with one attached hydrogen (secondary N) is 1. The predicted molar refractivity (Wildman–Crippen MR) is 122 cm³/mol. The third-order valence-corrected chi connectivity index (χ3v) is 6.13. The molecule has 0 aliphatic carbocycles. The Bertz CT molecular complexity index is 909. The zero-order chi connectivity index (χ0) is 23.0. The maximum absolute atomic E-state index is 12.7. The molecule has 1 heterocycles. The summed E-state index contributed by atoms with van der Waals surface area (Å²) < 4.78 is 5.03. The van der Waals surface area contributed by atoms with Crippen molar-refractivity contribution in [3.05, 3.63) is 71.8 Å². The molecule has 7 nitrogen and oxygen atoms in total. The number of carbonyl (C=O) groups excluding carboxylic acids is 3.